The molecule has 1 unspecified atom stereocenters. The summed E-state index contributed by atoms with van der Waals surface area (Å²) in [5, 5.41) is 2.80. The Kier molecular flexibility index (Phi) is 7.97. The fraction of sp³-hybridized carbons (Fsp3) is 0.417. The zero-order chi connectivity index (χ0) is 24.1. The highest BCUT2D eigenvalue weighted by Crippen LogP contribution is 2.37. The molecule has 8 nitrogen and oxygen atoms in total. The summed E-state index contributed by atoms with van der Waals surface area (Å²) in [6, 6.07) is 7.76. The number of nitrogens with one attached hydrogen (secondary N) is 1. The van der Waals surface area contributed by atoms with E-state index in [9.17, 15) is 14.4 Å². The molecule has 0 bridgehead atoms. The SMILES string of the molecule is CCOc1nc(C(CSC)N2C(=O)c3cccc(NC(=O)CC(C)C)c3C2=O)ccc1OC. The highest BCUT2D eigenvalue weighted by molar-refractivity contribution is 7.98. The number of hydrogen-bond acceptors (Lipinski definition) is 7. The van der Waals surface area contributed by atoms with Crippen LogP contribution in [0, 0.1) is 5.92 Å². The standard InChI is InChI=1S/C24H29N3O5S/c1-6-32-22-19(31-4)11-10-16(26-22)18(13-33-5)27-23(29)15-8-7-9-17(21(15)24(27)30)25-20(28)12-14(2)3/h7-11,14,18H,6,12-13H2,1-5H3,(H,25,28). The molecule has 0 saturated heterocycles. The smallest absolute Gasteiger partial charge is 0.264 e. The molecule has 2 aromatic rings. The molecule has 3 amide bonds. The Labute approximate surface area is 198 Å². The van der Waals surface area contributed by atoms with Gasteiger partial charge in [-0.1, -0.05) is 19.9 Å². The Hall–Kier alpha value is -3.07. The normalized spacial score (nSPS) is 13.8. The first kappa shape index (κ1) is 24.6. The zero-order valence-electron chi connectivity index (χ0n) is 19.5. The number of thioether (sulfide) groups is 1. The molecule has 1 atom stereocenters. The Balaban J connectivity index is 2.00. The predicted octanol–water partition coefficient (Wildman–Crippen LogP) is 4.17. The largest absolute Gasteiger partial charge is 0.491 e. The van der Waals surface area contributed by atoms with E-state index in [4.69, 9.17) is 9.47 Å². The Bertz CT molecular complexity index is 1060. The van der Waals surface area contributed by atoms with Gasteiger partial charge in [0.25, 0.3) is 17.7 Å². The minimum absolute atomic E-state index is 0.169. The van der Waals surface area contributed by atoms with E-state index < -0.39 is 17.9 Å². The lowest BCUT2D eigenvalue weighted by atomic mass is 10.1. The first-order valence-corrected chi connectivity index (χ1v) is 12.2. The Morgan fingerprint density at radius 1 is 1.18 bits per heavy atom. The van der Waals surface area contributed by atoms with Crippen molar-refractivity contribution < 1.29 is 23.9 Å². The predicted molar refractivity (Wildman–Crippen MR) is 128 cm³/mol. The van der Waals surface area contributed by atoms with Gasteiger partial charge >= 0.3 is 0 Å². The quantitative estimate of drug-likeness (QED) is 0.519. The average molecular weight is 472 g/mol. The number of amides is 3. The van der Waals surface area contributed by atoms with Gasteiger partial charge in [0.05, 0.1) is 42.3 Å². The highest BCUT2D eigenvalue weighted by atomic mass is 32.2. The number of rotatable bonds is 10. The van der Waals surface area contributed by atoms with Crippen LogP contribution in [0.2, 0.25) is 0 Å². The summed E-state index contributed by atoms with van der Waals surface area (Å²) in [6.07, 6.45) is 2.22. The maximum atomic E-state index is 13.5. The Morgan fingerprint density at radius 3 is 2.58 bits per heavy atom. The van der Waals surface area contributed by atoms with Gasteiger partial charge in [-0.3, -0.25) is 19.3 Å². The molecule has 0 spiro atoms. The number of methoxy groups -OCH3 is 1. The molecular weight excluding hydrogens is 442 g/mol. The first-order valence-electron chi connectivity index (χ1n) is 10.8. The molecule has 176 valence electrons. The summed E-state index contributed by atoms with van der Waals surface area (Å²) in [5.74, 6) is 0.335. The highest BCUT2D eigenvalue weighted by Gasteiger charge is 2.42. The van der Waals surface area contributed by atoms with E-state index >= 15 is 0 Å². The molecule has 0 saturated carbocycles. The maximum absolute atomic E-state index is 13.5. The van der Waals surface area contributed by atoms with E-state index in [1.54, 1.807) is 30.3 Å². The van der Waals surface area contributed by atoms with Gasteiger partial charge in [0, 0.05) is 12.2 Å². The lowest BCUT2D eigenvalue weighted by Crippen LogP contribution is -2.36. The molecule has 9 heteroatoms. The number of fused-ring (bicyclic) bond motifs is 1. The number of carbonyl (C=O) groups is 3. The van der Waals surface area contributed by atoms with Crippen LogP contribution in [-0.4, -0.2) is 53.3 Å². The number of carbonyl (C=O) groups excluding carboxylic acids is 3. The lowest BCUT2D eigenvalue weighted by molar-refractivity contribution is -0.116. The number of anilines is 1. The van der Waals surface area contributed by atoms with Crippen LogP contribution in [0.25, 0.3) is 0 Å². The van der Waals surface area contributed by atoms with Crippen molar-refractivity contribution in [3.63, 3.8) is 0 Å². The van der Waals surface area contributed by atoms with Crippen molar-refractivity contribution in [1.29, 1.82) is 0 Å². The van der Waals surface area contributed by atoms with Gasteiger partial charge in [-0.05, 0) is 43.4 Å². The fourth-order valence-electron chi connectivity index (χ4n) is 3.74. The summed E-state index contributed by atoms with van der Waals surface area (Å²) in [4.78, 5) is 45.0. The van der Waals surface area contributed by atoms with Gasteiger partial charge < -0.3 is 14.8 Å². The van der Waals surface area contributed by atoms with E-state index in [1.165, 1.54) is 23.8 Å². The van der Waals surface area contributed by atoms with Crippen LogP contribution in [0.15, 0.2) is 30.3 Å². The van der Waals surface area contributed by atoms with E-state index in [0.717, 1.165) is 0 Å². The number of hydrogen-bond donors (Lipinski definition) is 1. The molecule has 1 aromatic heterocycles. The van der Waals surface area contributed by atoms with Crippen LogP contribution in [0.1, 0.15) is 59.6 Å². The van der Waals surface area contributed by atoms with Crippen LogP contribution in [0.5, 0.6) is 11.6 Å². The van der Waals surface area contributed by atoms with Crippen molar-refractivity contribution in [2.45, 2.75) is 33.2 Å². The number of aromatic nitrogens is 1. The molecule has 2 heterocycles. The molecule has 1 N–H and O–H groups in total. The monoisotopic (exact) mass is 471 g/mol. The van der Waals surface area contributed by atoms with Crippen LogP contribution >= 0.6 is 11.8 Å². The molecule has 33 heavy (non-hydrogen) atoms. The van der Waals surface area contributed by atoms with Crippen molar-refractivity contribution in [2.24, 2.45) is 5.92 Å². The maximum Gasteiger partial charge on any atom is 0.264 e. The van der Waals surface area contributed by atoms with Crippen LogP contribution in [0.4, 0.5) is 5.69 Å². The summed E-state index contributed by atoms with van der Waals surface area (Å²) in [5.41, 5.74) is 1.35. The van der Waals surface area contributed by atoms with Crippen LogP contribution in [0.3, 0.4) is 0 Å². The third-order valence-corrected chi connectivity index (χ3v) is 5.79. The zero-order valence-corrected chi connectivity index (χ0v) is 20.3. The van der Waals surface area contributed by atoms with Gasteiger partial charge in [-0.15, -0.1) is 0 Å². The van der Waals surface area contributed by atoms with Crippen molar-refractivity contribution >= 4 is 35.2 Å². The second-order valence-electron chi connectivity index (χ2n) is 8.00. The van der Waals surface area contributed by atoms with Crippen molar-refractivity contribution in [3.8, 4) is 11.6 Å². The van der Waals surface area contributed by atoms with Gasteiger partial charge in [-0.2, -0.15) is 11.8 Å². The molecule has 1 aliphatic heterocycles. The minimum Gasteiger partial charge on any atom is -0.491 e. The molecule has 0 radical (unpaired) electrons. The topological polar surface area (TPSA) is 97.8 Å². The number of imide groups is 1. The molecule has 1 aromatic carbocycles. The van der Waals surface area contributed by atoms with E-state index in [1.807, 2.05) is 27.0 Å². The van der Waals surface area contributed by atoms with Crippen molar-refractivity contribution in [1.82, 2.24) is 9.88 Å². The summed E-state index contributed by atoms with van der Waals surface area (Å²) in [6.45, 7) is 6.12. The Morgan fingerprint density at radius 2 is 1.94 bits per heavy atom. The van der Waals surface area contributed by atoms with Gasteiger partial charge in [0.1, 0.15) is 0 Å². The first-order chi connectivity index (χ1) is 15.8. The van der Waals surface area contributed by atoms with Gasteiger partial charge in [0.2, 0.25) is 5.91 Å². The number of pyridine rings is 1. The average Bonchev–Trinajstić information content (AvgIpc) is 3.02. The molecular formula is C24H29N3O5S. The third-order valence-electron chi connectivity index (χ3n) is 5.14. The summed E-state index contributed by atoms with van der Waals surface area (Å²) >= 11 is 1.50. The minimum atomic E-state index is -0.614. The van der Waals surface area contributed by atoms with Crippen molar-refractivity contribution in [2.75, 3.05) is 31.0 Å². The number of benzene rings is 1. The van der Waals surface area contributed by atoms with E-state index in [2.05, 4.69) is 10.3 Å². The van der Waals surface area contributed by atoms with E-state index in [-0.39, 0.29) is 23.0 Å². The van der Waals surface area contributed by atoms with Gasteiger partial charge in [-0.25, -0.2) is 4.98 Å². The second kappa shape index (κ2) is 10.7. The van der Waals surface area contributed by atoms with Crippen molar-refractivity contribution in [3.05, 3.63) is 47.2 Å². The van der Waals surface area contributed by atoms with E-state index in [0.29, 0.717) is 41.8 Å². The summed E-state index contributed by atoms with van der Waals surface area (Å²) in [7, 11) is 1.53. The molecule has 0 aliphatic carbocycles. The third kappa shape index (κ3) is 5.13. The van der Waals surface area contributed by atoms with Gasteiger partial charge in [0.15, 0.2) is 5.75 Å². The lowest BCUT2D eigenvalue weighted by Gasteiger charge is -2.26. The van der Waals surface area contributed by atoms with Crippen LogP contribution in [-0.2, 0) is 4.79 Å². The number of ether oxygens (including phenoxy) is 2. The number of nitrogens with zero attached hydrogens (tertiary/aromatic N) is 2. The summed E-state index contributed by atoms with van der Waals surface area (Å²) < 4.78 is 10.9. The molecule has 1 aliphatic rings. The molecule has 3 rings (SSSR count). The van der Waals surface area contributed by atoms with Crippen LogP contribution < -0.4 is 14.8 Å². The second-order valence-corrected chi connectivity index (χ2v) is 8.91. The fourth-order valence-corrected chi connectivity index (χ4v) is 4.37. The molecule has 0 fully saturated rings.